The summed E-state index contributed by atoms with van der Waals surface area (Å²) < 4.78 is 5.65. The molecule has 8 heteroatoms. The van der Waals surface area contributed by atoms with E-state index in [9.17, 15) is 15.1 Å². The molecule has 0 bridgehead atoms. The molecule has 1 aliphatic heterocycles. The first-order valence-corrected chi connectivity index (χ1v) is 14.6. The second-order valence-corrected chi connectivity index (χ2v) is 11.5. The van der Waals surface area contributed by atoms with Crippen LogP contribution >= 0.6 is 0 Å². The van der Waals surface area contributed by atoms with E-state index >= 15 is 0 Å². The maximum absolute atomic E-state index is 14.1. The van der Waals surface area contributed by atoms with Crippen molar-refractivity contribution in [2.45, 2.75) is 44.1 Å². The van der Waals surface area contributed by atoms with E-state index < -0.39 is 35.2 Å². The molecule has 0 radical (unpaired) electrons. The number of carbonyl (C=O) groups is 2. The van der Waals surface area contributed by atoms with E-state index in [-0.39, 0.29) is 5.70 Å². The smallest absolute Gasteiger partial charge is 0.356 e. The number of hydrogen-bond donors (Lipinski definition) is 1. The van der Waals surface area contributed by atoms with Gasteiger partial charge in [0.1, 0.15) is 23.5 Å². The third-order valence-corrected chi connectivity index (χ3v) is 7.30. The van der Waals surface area contributed by atoms with E-state index in [0.29, 0.717) is 0 Å². The number of benzene rings is 4. The molecule has 8 nitrogen and oxygen atoms in total. The Morgan fingerprint density at radius 2 is 1.31 bits per heavy atom. The van der Waals surface area contributed by atoms with Gasteiger partial charge >= 0.3 is 5.97 Å². The predicted octanol–water partition coefficient (Wildman–Crippen LogP) is 6.69. The average molecular weight is 596 g/mol. The Morgan fingerprint density at radius 3 is 1.76 bits per heavy atom. The van der Waals surface area contributed by atoms with E-state index in [0.717, 1.165) is 27.2 Å². The summed E-state index contributed by atoms with van der Waals surface area (Å²) in [5.41, 5.74) is 11.0. The van der Waals surface area contributed by atoms with Crippen LogP contribution in [0.25, 0.3) is 10.4 Å². The van der Waals surface area contributed by atoms with Gasteiger partial charge in [0.05, 0.1) is 5.54 Å². The quantitative estimate of drug-likeness (QED) is 0.0358. The molecule has 224 valence electrons. The highest BCUT2D eigenvalue weighted by Crippen LogP contribution is 2.40. The Morgan fingerprint density at radius 1 is 0.844 bits per heavy atom. The van der Waals surface area contributed by atoms with Gasteiger partial charge in [-0.05, 0) is 55.1 Å². The lowest BCUT2D eigenvalue weighted by atomic mass is 9.75. The second kappa shape index (κ2) is 13.4. The summed E-state index contributed by atoms with van der Waals surface area (Å²) in [5, 5.41) is 7.58. The van der Waals surface area contributed by atoms with Crippen LogP contribution < -0.4 is 5.32 Å². The zero-order chi connectivity index (χ0) is 31.9. The largest absolute Gasteiger partial charge is 0.455 e. The molecule has 1 heterocycles. The van der Waals surface area contributed by atoms with Gasteiger partial charge in [-0.2, -0.15) is 0 Å². The summed E-state index contributed by atoms with van der Waals surface area (Å²) in [6.45, 7) is 5.21. The first-order chi connectivity index (χ1) is 21.7. The molecule has 1 fully saturated rings. The van der Waals surface area contributed by atoms with Crippen molar-refractivity contribution in [2.75, 3.05) is 0 Å². The number of β-lactam (4-membered cyclic amide) rings is 1. The fourth-order valence-electron chi connectivity index (χ4n) is 5.36. The van der Waals surface area contributed by atoms with E-state index in [1.54, 1.807) is 20.8 Å². The summed E-state index contributed by atoms with van der Waals surface area (Å²) in [5.74, 6) is 4.65. The number of esters is 1. The van der Waals surface area contributed by atoms with Crippen LogP contribution in [-0.2, 0) is 19.9 Å². The molecule has 1 N–H and O–H groups in total. The molecule has 0 unspecified atom stereocenters. The maximum Gasteiger partial charge on any atom is 0.356 e. The molecular formula is C37H33N5O3. The topological polar surface area (TPSA) is 107 Å². The van der Waals surface area contributed by atoms with Crippen molar-refractivity contribution < 1.29 is 14.3 Å². The van der Waals surface area contributed by atoms with Crippen molar-refractivity contribution in [3.63, 3.8) is 0 Å². The SMILES string of the molecule is CC(C)(C)OC(=O)C(=CC#Cc1ccccc1)N1C(=O)[C@@H](NC(c2ccccc2)(c2ccccc2)c2ccccc2)[C@H]1N=[N+]=[N-]. The summed E-state index contributed by atoms with van der Waals surface area (Å²) >= 11 is 0. The summed E-state index contributed by atoms with van der Waals surface area (Å²) in [6, 6.07) is 37.6. The van der Waals surface area contributed by atoms with Crippen molar-refractivity contribution in [3.05, 3.63) is 166 Å². The second-order valence-electron chi connectivity index (χ2n) is 11.5. The summed E-state index contributed by atoms with van der Waals surface area (Å²) in [7, 11) is 0. The summed E-state index contributed by atoms with van der Waals surface area (Å²) in [6.07, 6.45) is 0.254. The Balaban J connectivity index is 1.61. The first kappa shape index (κ1) is 30.8. The van der Waals surface area contributed by atoms with Gasteiger partial charge < -0.3 is 4.74 Å². The molecule has 1 aliphatic rings. The minimum atomic E-state index is -1.09. The summed E-state index contributed by atoms with van der Waals surface area (Å²) in [4.78, 5) is 31.9. The Labute approximate surface area is 263 Å². The number of ether oxygens (including phenoxy) is 1. The fraction of sp³-hybridized carbons (Fsp3) is 0.189. The maximum atomic E-state index is 14.1. The highest BCUT2D eigenvalue weighted by atomic mass is 16.6. The highest BCUT2D eigenvalue weighted by molar-refractivity contribution is 6.00. The Bertz CT molecular complexity index is 1690. The van der Waals surface area contributed by atoms with Crippen LogP contribution in [0.2, 0.25) is 0 Å². The number of amides is 1. The molecule has 0 saturated carbocycles. The number of rotatable bonds is 8. The molecule has 45 heavy (non-hydrogen) atoms. The van der Waals surface area contributed by atoms with Gasteiger partial charge in [-0.1, -0.05) is 126 Å². The number of likely N-dealkylation sites (tertiary alicyclic amines) is 1. The van der Waals surface area contributed by atoms with Gasteiger partial charge in [-0.3, -0.25) is 15.0 Å². The third-order valence-electron chi connectivity index (χ3n) is 7.30. The molecule has 0 aliphatic carbocycles. The fourth-order valence-corrected chi connectivity index (χ4v) is 5.36. The average Bonchev–Trinajstić information content (AvgIpc) is 3.05. The van der Waals surface area contributed by atoms with Crippen molar-refractivity contribution in [1.29, 1.82) is 0 Å². The number of carbonyl (C=O) groups excluding carboxylic acids is 2. The van der Waals surface area contributed by atoms with Gasteiger partial charge in [0.15, 0.2) is 0 Å². The molecule has 4 aromatic rings. The van der Waals surface area contributed by atoms with E-state index in [1.807, 2.05) is 121 Å². The van der Waals surface area contributed by atoms with Crippen LogP contribution in [0.4, 0.5) is 0 Å². The van der Waals surface area contributed by atoms with E-state index in [4.69, 9.17) is 4.74 Å². The normalized spacial score (nSPS) is 16.5. The number of allylic oxidation sites excluding steroid dienone is 1. The lowest BCUT2D eigenvalue weighted by Gasteiger charge is -2.49. The van der Waals surface area contributed by atoms with E-state index in [2.05, 4.69) is 27.2 Å². The van der Waals surface area contributed by atoms with Crippen LogP contribution in [0.3, 0.4) is 0 Å². The molecule has 4 aromatic carbocycles. The van der Waals surface area contributed by atoms with Gasteiger partial charge in [0.25, 0.3) is 0 Å². The van der Waals surface area contributed by atoms with Crippen LogP contribution in [0, 0.1) is 11.8 Å². The monoisotopic (exact) mass is 595 g/mol. The van der Waals surface area contributed by atoms with Gasteiger partial charge in [0.2, 0.25) is 5.91 Å². The molecular weight excluding hydrogens is 562 g/mol. The van der Waals surface area contributed by atoms with E-state index in [1.165, 1.54) is 6.08 Å². The van der Waals surface area contributed by atoms with Crippen LogP contribution in [0.5, 0.6) is 0 Å². The molecule has 2 atom stereocenters. The highest BCUT2D eigenvalue weighted by Gasteiger charge is 2.54. The molecule has 1 amide bonds. The Hall–Kier alpha value is -5.61. The van der Waals surface area contributed by atoms with Gasteiger partial charge in [-0.15, -0.1) is 0 Å². The minimum absolute atomic E-state index is 0.112. The van der Waals surface area contributed by atoms with Crippen LogP contribution in [0.15, 0.2) is 138 Å². The molecule has 0 aromatic heterocycles. The lowest BCUT2D eigenvalue weighted by Crippen LogP contribution is -2.72. The van der Waals surface area contributed by atoms with Crippen LogP contribution in [0.1, 0.15) is 43.0 Å². The van der Waals surface area contributed by atoms with Gasteiger partial charge in [0, 0.05) is 16.6 Å². The predicted molar refractivity (Wildman–Crippen MR) is 173 cm³/mol. The number of hydrogen-bond acceptors (Lipinski definition) is 5. The third kappa shape index (κ3) is 6.66. The van der Waals surface area contributed by atoms with Gasteiger partial charge in [-0.25, -0.2) is 4.79 Å². The number of azide groups is 1. The standard InChI is InChI=1S/C37H33N5O3/c1-36(2,3)45-35(44)31(26-16-19-27-17-8-4-9-18-27)42-33(40-41-38)32(34(42)43)39-37(28-20-10-5-11-21-28,29-22-12-6-13-23-29)30-24-14-7-15-25-30/h4-15,17-18,20-26,32-33,39H,1-3H3/t32-,33-/m0/s1. The minimum Gasteiger partial charge on any atom is -0.455 e. The zero-order valence-corrected chi connectivity index (χ0v) is 25.3. The number of nitrogens with one attached hydrogen (secondary N) is 1. The number of nitrogens with zero attached hydrogens (tertiary/aromatic N) is 4. The Kier molecular flexibility index (Phi) is 9.15. The zero-order valence-electron chi connectivity index (χ0n) is 25.3. The first-order valence-electron chi connectivity index (χ1n) is 14.6. The van der Waals surface area contributed by atoms with Crippen molar-refractivity contribution in [1.82, 2.24) is 10.2 Å². The molecule has 0 spiro atoms. The van der Waals surface area contributed by atoms with Crippen molar-refractivity contribution in [2.24, 2.45) is 5.11 Å². The molecule has 1 saturated heterocycles. The van der Waals surface area contributed by atoms with Crippen molar-refractivity contribution >= 4 is 11.9 Å². The van der Waals surface area contributed by atoms with Crippen LogP contribution in [-0.4, -0.2) is 34.6 Å². The van der Waals surface area contributed by atoms with Crippen molar-refractivity contribution in [3.8, 4) is 11.8 Å². The lowest BCUT2D eigenvalue weighted by molar-refractivity contribution is -0.161. The molecule has 5 rings (SSSR count).